The Morgan fingerprint density at radius 2 is 1.94 bits per heavy atom. The molecular weight excluding hydrogens is 250 g/mol. The second-order valence-electron chi connectivity index (χ2n) is 3.65. The molecule has 2 aromatic rings. The third-order valence-electron chi connectivity index (χ3n) is 2.37. The van der Waals surface area contributed by atoms with Crippen LogP contribution in [0.25, 0.3) is 0 Å². The molecule has 2 N–H and O–H groups in total. The van der Waals surface area contributed by atoms with Gasteiger partial charge in [0.25, 0.3) is 5.91 Å². The Hall–Kier alpha value is -2.14. The SMILES string of the molecule is O=C(O)c1cccc(C(=O)NCc2cccs2)c1. The van der Waals surface area contributed by atoms with E-state index >= 15 is 0 Å². The van der Waals surface area contributed by atoms with E-state index in [0.29, 0.717) is 12.1 Å². The summed E-state index contributed by atoms with van der Waals surface area (Å²) >= 11 is 1.56. The average molecular weight is 261 g/mol. The van der Waals surface area contributed by atoms with Gasteiger partial charge in [0.1, 0.15) is 0 Å². The molecule has 0 atom stereocenters. The second kappa shape index (κ2) is 5.46. The van der Waals surface area contributed by atoms with Gasteiger partial charge in [0.05, 0.1) is 12.1 Å². The van der Waals surface area contributed by atoms with Crippen molar-refractivity contribution in [1.29, 1.82) is 0 Å². The molecule has 0 saturated carbocycles. The van der Waals surface area contributed by atoms with Gasteiger partial charge in [-0.05, 0) is 29.6 Å². The number of carbonyl (C=O) groups is 2. The molecule has 0 spiro atoms. The van der Waals surface area contributed by atoms with Gasteiger partial charge in [0.15, 0.2) is 0 Å². The van der Waals surface area contributed by atoms with Gasteiger partial charge in [-0.25, -0.2) is 4.79 Å². The van der Waals surface area contributed by atoms with E-state index in [1.54, 1.807) is 23.5 Å². The Labute approximate surface area is 108 Å². The van der Waals surface area contributed by atoms with Gasteiger partial charge in [0.2, 0.25) is 0 Å². The van der Waals surface area contributed by atoms with E-state index in [0.717, 1.165) is 4.88 Å². The zero-order valence-electron chi connectivity index (χ0n) is 9.42. The minimum Gasteiger partial charge on any atom is -0.478 e. The minimum absolute atomic E-state index is 0.110. The lowest BCUT2D eigenvalue weighted by Gasteiger charge is -2.04. The monoisotopic (exact) mass is 261 g/mol. The molecule has 0 aliphatic heterocycles. The zero-order chi connectivity index (χ0) is 13.0. The van der Waals surface area contributed by atoms with Gasteiger partial charge in [-0.2, -0.15) is 0 Å². The molecule has 5 heteroatoms. The number of hydrogen-bond donors (Lipinski definition) is 2. The predicted molar refractivity (Wildman–Crippen MR) is 68.9 cm³/mol. The summed E-state index contributed by atoms with van der Waals surface area (Å²) in [5, 5.41) is 13.5. The van der Waals surface area contributed by atoms with Crippen LogP contribution in [0.4, 0.5) is 0 Å². The maximum atomic E-state index is 11.8. The lowest BCUT2D eigenvalue weighted by atomic mass is 10.1. The normalized spacial score (nSPS) is 10.0. The molecule has 1 aromatic carbocycles. The molecule has 0 aliphatic rings. The number of hydrogen-bond acceptors (Lipinski definition) is 3. The Bertz CT molecular complexity index is 563. The van der Waals surface area contributed by atoms with Crippen molar-refractivity contribution < 1.29 is 14.7 Å². The van der Waals surface area contributed by atoms with Crippen LogP contribution in [0.3, 0.4) is 0 Å². The first-order valence-corrected chi connectivity index (χ1v) is 6.19. The van der Waals surface area contributed by atoms with Gasteiger partial charge < -0.3 is 10.4 Å². The van der Waals surface area contributed by atoms with Crippen LogP contribution in [0, 0.1) is 0 Å². The third kappa shape index (κ3) is 2.95. The summed E-state index contributed by atoms with van der Waals surface area (Å²) in [6, 6.07) is 9.82. The Morgan fingerprint density at radius 1 is 1.17 bits per heavy atom. The number of rotatable bonds is 4. The molecule has 4 nitrogen and oxygen atoms in total. The predicted octanol–water partition coefficient (Wildman–Crippen LogP) is 2.38. The van der Waals surface area contributed by atoms with Crippen molar-refractivity contribution in [3.63, 3.8) is 0 Å². The quantitative estimate of drug-likeness (QED) is 0.888. The molecule has 18 heavy (non-hydrogen) atoms. The van der Waals surface area contributed by atoms with Gasteiger partial charge in [-0.3, -0.25) is 4.79 Å². The number of carbonyl (C=O) groups excluding carboxylic acids is 1. The maximum absolute atomic E-state index is 11.8. The highest BCUT2D eigenvalue weighted by Gasteiger charge is 2.09. The molecule has 1 heterocycles. The van der Waals surface area contributed by atoms with Crippen LogP contribution < -0.4 is 5.32 Å². The Kier molecular flexibility index (Phi) is 3.74. The standard InChI is InChI=1S/C13H11NO3S/c15-12(14-8-11-5-2-6-18-11)9-3-1-4-10(7-9)13(16)17/h1-7H,8H2,(H,14,15)(H,16,17). The first-order chi connectivity index (χ1) is 8.66. The van der Waals surface area contributed by atoms with Crippen molar-refractivity contribution in [3.8, 4) is 0 Å². The van der Waals surface area contributed by atoms with Crippen LogP contribution in [-0.2, 0) is 6.54 Å². The molecule has 0 aliphatic carbocycles. The maximum Gasteiger partial charge on any atom is 0.335 e. The van der Waals surface area contributed by atoms with Crippen LogP contribution in [0.5, 0.6) is 0 Å². The molecule has 0 radical (unpaired) electrons. The van der Waals surface area contributed by atoms with Gasteiger partial charge in [-0.15, -0.1) is 11.3 Å². The van der Waals surface area contributed by atoms with Crippen molar-refractivity contribution in [3.05, 3.63) is 57.8 Å². The molecular formula is C13H11NO3S. The summed E-state index contributed by atoms with van der Waals surface area (Å²) < 4.78 is 0. The van der Waals surface area contributed by atoms with Crippen molar-refractivity contribution in [2.45, 2.75) is 6.54 Å². The summed E-state index contributed by atoms with van der Waals surface area (Å²) in [4.78, 5) is 23.7. The fraction of sp³-hybridized carbons (Fsp3) is 0.0769. The van der Waals surface area contributed by atoms with Crippen LogP contribution >= 0.6 is 11.3 Å². The largest absolute Gasteiger partial charge is 0.478 e. The topological polar surface area (TPSA) is 66.4 Å². The third-order valence-corrected chi connectivity index (χ3v) is 3.25. The van der Waals surface area contributed by atoms with Crippen LogP contribution in [-0.4, -0.2) is 17.0 Å². The van der Waals surface area contributed by atoms with Crippen LogP contribution in [0.1, 0.15) is 25.6 Å². The molecule has 1 amide bonds. The fourth-order valence-electron chi connectivity index (χ4n) is 1.48. The summed E-state index contributed by atoms with van der Waals surface area (Å²) in [6.07, 6.45) is 0. The highest BCUT2D eigenvalue weighted by molar-refractivity contribution is 7.09. The molecule has 92 valence electrons. The average Bonchev–Trinajstić information content (AvgIpc) is 2.89. The Morgan fingerprint density at radius 3 is 2.61 bits per heavy atom. The van der Waals surface area contributed by atoms with E-state index in [9.17, 15) is 9.59 Å². The van der Waals surface area contributed by atoms with Gasteiger partial charge in [0, 0.05) is 10.4 Å². The summed E-state index contributed by atoms with van der Waals surface area (Å²) in [6.45, 7) is 0.452. The van der Waals surface area contributed by atoms with E-state index in [2.05, 4.69) is 5.32 Å². The molecule has 2 rings (SSSR count). The van der Waals surface area contributed by atoms with Crippen molar-refractivity contribution in [2.75, 3.05) is 0 Å². The van der Waals surface area contributed by atoms with E-state index in [1.807, 2.05) is 17.5 Å². The number of thiophene rings is 1. The lowest BCUT2D eigenvalue weighted by molar-refractivity contribution is 0.0697. The minimum atomic E-state index is -1.04. The van der Waals surface area contributed by atoms with Gasteiger partial charge >= 0.3 is 5.97 Å². The summed E-state index contributed by atoms with van der Waals surface area (Å²) in [5.41, 5.74) is 0.463. The number of carboxylic acid groups (broad SMARTS) is 1. The van der Waals surface area contributed by atoms with Crippen molar-refractivity contribution in [2.24, 2.45) is 0 Å². The highest BCUT2D eigenvalue weighted by atomic mass is 32.1. The van der Waals surface area contributed by atoms with E-state index in [4.69, 9.17) is 5.11 Å². The second-order valence-corrected chi connectivity index (χ2v) is 4.68. The summed E-state index contributed by atoms with van der Waals surface area (Å²) in [5.74, 6) is -1.31. The zero-order valence-corrected chi connectivity index (χ0v) is 10.2. The van der Waals surface area contributed by atoms with E-state index in [1.165, 1.54) is 12.1 Å². The number of carboxylic acids is 1. The number of benzene rings is 1. The van der Waals surface area contributed by atoms with E-state index < -0.39 is 5.97 Å². The lowest BCUT2D eigenvalue weighted by Crippen LogP contribution is -2.22. The smallest absolute Gasteiger partial charge is 0.335 e. The summed E-state index contributed by atoms with van der Waals surface area (Å²) in [7, 11) is 0. The molecule has 0 bridgehead atoms. The number of amides is 1. The van der Waals surface area contributed by atoms with Crippen molar-refractivity contribution >= 4 is 23.2 Å². The number of nitrogens with one attached hydrogen (secondary N) is 1. The Balaban J connectivity index is 2.04. The van der Waals surface area contributed by atoms with Gasteiger partial charge in [-0.1, -0.05) is 12.1 Å². The highest BCUT2D eigenvalue weighted by Crippen LogP contribution is 2.09. The van der Waals surface area contributed by atoms with Crippen LogP contribution in [0.2, 0.25) is 0 Å². The fourth-order valence-corrected chi connectivity index (χ4v) is 2.12. The molecule has 1 aromatic heterocycles. The molecule has 0 unspecified atom stereocenters. The molecule has 0 saturated heterocycles. The van der Waals surface area contributed by atoms with Crippen LogP contribution in [0.15, 0.2) is 41.8 Å². The first-order valence-electron chi connectivity index (χ1n) is 5.31. The van der Waals surface area contributed by atoms with Crippen molar-refractivity contribution in [1.82, 2.24) is 5.32 Å². The molecule has 0 fully saturated rings. The van der Waals surface area contributed by atoms with E-state index in [-0.39, 0.29) is 11.5 Å². The number of aromatic carboxylic acids is 1. The first kappa shape index (κ1) is 12.3.